The van der Waals surface area contributed by atoms with Crippen molar-refractivity contribution in [1.82, 2.24) is 0 Å². The van der Waals surface area contributed by atoms with Crippen LogP contribution in [0.25, 0.3) is 0 Å². The maximum Gasteiger partial charge on any atom is 3.00 e. The summed E-state index contributed by atoms with van der Waals surface area (Å²) in [6.07, 6.45) is 15.2. The standard InChI is InChI=1S/C24H41OSi2.2ClH.Ti/c1-22(2,3)19-16-17-24(25-26(7,8)9,21(18-19)23(4,5)6)27(10,11)20-14-12-13-15-20;;;/h12,14,16,18H,13,17H2,1-11H3;2*1H;/q-1;;;+3/p-2. The fraction of sp³-hybridized carbons (Fsp3) is 0.667. The molecule has 1 atom stereocenters. The Hall–Kier alpha value is 0.648. The SMILES string of the molecule is CC(C)(C)C1=CCC(O[Si](C)(C)C)([Si](C)(C)C2=[C-]CC=C2)C(C(C)(C)C)=C1.[Cl-].[Cl-].[Ti+3]. The molecule has 0 saturated heterocycles. The van der Waals surface area contributed by atoms with Crippen molar-refractivity contribution in [2.75, 3.05) is 0 Å². The molecule has 1 radical (unpaired) electrons. The van der Waals surface area contributed by atoms with E-state index < -0.39 is 16.4 Å². The minimum Gasteiger partial charge on any atom is -1.00 e. The molecule has 0 heterocycles. The molecule has 0 N–H and O–H groups in total. The van der Waals surface area contributed by atoms with E-state index in [1.807, 2.05) is 0 Å². The van der Waals surface area contributed by atoms with Crippen LogP contribution in [0.2, 0.25) is 32.7 Å². The van der Waals surface area contributed by atoms with Gasteiger partial charge in [0.15, 0.2) is 8.32 Å². The first kappa shape index (κ1) is 32.8. The Kier molecular flexibility index (Phi) is 11.7. The summed E-state index contributed by atoms with van der Waals surface area (Å²) in [5.74, 6) is 0. The fourth-order valence-corrected chi connectivity index (χ4v) is 10.9. The van der Waals surface area contributed by atoms with Crippen LogP contribution < -0.4 is 24.8 Å². The molecule has 0 amide bonds. The normalized spacial score (nSPS) is 22.2. The van der Waals surface area contributed by atoms with E-state index in [9.17, 15) is 0 Å². The summed E-state index contributed by atoms with van der Waals surface area (Å²) < 4.78 is 7.24. The third-order valence-corrected chi connectivity index (χ3v) is 11.3. The van der Waals surface area contributed by atoms with E-state index in [1.165, 1.54) is 16.3 Å². The van der Waals surface area contributed by atoms with E-state index in [-0.39, 0.29) is 62.6 Å². The van der Waals surface area contributed by atoms with Gasteiger partial charge in [-0.1, -0.05) is 66.8 Å². The number of rotatable bonds is 4. The van der Waals surface area contributed by atoms with Gasteiger partial charge in [0.25, 0.3) is 0 Å². The summed E-state index contributed by atoms with van der Waals surface area (Å²) in [7, 11) is -3.74. The second kappa shape index (κ2) is 10.7. The molecule has 0 aromatic carbocycles. The van der Waals surface area contributed by atoms with Gasteiger partial charge in [-0.25, -0.2) is 11.3 Å². The number of halogens is 2. The maximum absolute atomic E-state index is 7.24. The molecule has 0 bridgehead atoms. The second-order valence-electron chi connectivity index (χ2n) is 11.8. The average Bonchev–Trinajstić information content (AvgIpc) is 2.97. The third kappa shape index (κ3) is 6.82. The van der Waals surface area contributed by atoms with Crippen LogP contribution in [0.3, 0.4) is 0 Å². The van der Waals surface area contributed by atoms with Crippen LogP contribution in [0.4, 0.5) is 0 Å². The van der Waals surface area contributed by atoms with Crippen LogP contribution in [-0.2, 0) is 26.1 Å². The van der Waals surface area contributed by atoms with Crippen LogP contribution in [-0.4, -0.2) is 21.6 Å². The Bertz CT molecular complexity index is 717. The smallest absolute Gasteiger partial charge is 1.00 e. The van der Waals surface area contributed by atoms with Gasteiger partial charge in [-0.05, 0) is 48.0 Å². The summed E-state index contributed by atoms with van der Waals surface area (Å²) in [6, 6.07) is 0. The Morgan fingerprint density at radius 1 is 0.933 bits per heavy atom. The molecule has 1 unspecified atom stereocenters. The van der Waals surface area contributed by atoms with Crippen molar-refractivity contribution < 1.29 is 51.0 Å². The zero-order chi connectivity index (χ0) is 20.9. The van der Waals surface area contributed by atoms with Gasteiger partial charge in [0.1, 0.15) is 0 Å². The van der Waals surface area contributed by atoms with E-state index in [2.05, 4.69) is 105 Å². The Labute approximate surface area is 216 Å². The number of hydrogen-bond acceptors (Lipinski definition) is 1. The molecule has 0 aromatic heterocycles. The molecule has 0 fully saturated rings. The van der Waals surface area contributed by atoms with Crippen LogP contribution in [0.1, 0.15) is 54.4 Å². The molecule has 2 rings (SSSR count). The summed E-state index contributed by atoms with van der Waals surface area (Å²) in [5.41, 5.74) is 3.17. The maximum atomic E-state index is 7.24. The summed E-state index contributed by atoms with van der Waals surface area (Å²) in [6.45, 7) is 26.1. The predicted molar refractivity (Wildman–Crippen MR) is 125 cm³/mol. The van der Waals surface area contributed by atoms with Crippen LogP contribution >= 0.6 is 0 Å². The first-order valence-electron chi connectivity index (χ1n) is 10.4. The molecule has 6 heteroatoms. The second-order valence-corrected chi connectivity index (χ2v) is 20.8. The van der Waals surface area contributed by atoms with Gasteiger partial charge in [-0.3, -0.25) is 6.08 Å². The van der Waals surface area contributed by atoms with Crippen LogP contribution in [0.5, 0.6) is 0 Å². The van der Waals surface area contributed by atoms with E-state index in [0.29, 0.717) is 0 Å². The Balaban J connectivity index is 0. The summed E-state index contributed by atoms with van der Waals surface area (Å²) in [5, 5.41) is 1.24. The minimum atomic E-state index is -1.97. The Morgan fingerprint density at radius 2 is 1.47 bits per heavy atom. The number of hydrogen-bond donors (Lipinski definition) is 0. The largest absolute Gasteiger partial charge is 3.00 e. The van der Waals surface area contributed by atoms with Gasteiger partial charge in [0, 0.05) is 0 Å². The zero-order valence-corrected chi connectivity index (χ0v) is 26.0. The van der Waals surface area contributed by atoms with Gasteiger partial charge in [-0.15, -0.1) is 6.42 Å². The van der Waals surface area contributed by atoms with Crippen molar-refractivity contribution >= 4 is 16.4 Å². The molecule has 30 heavy (non-hydrogen) atoms. The minimum absolute atomic E-state index is 0. The third-order valence-electron chi connectivity index (χ3n) is 5.88. The van der Waals surface area contributed by atoms with Crippen molar-refractivity contribution in [3.05, 3.63) is 46.7 Å². The predicted octanol–water partition coefficient (Wildman–Crippen LogP) is 1.41. The summed E-state index contributed by atoms with van der Waals surface area (Å²) in [4.78, 5) is 0. The Morgan fingerprint density at radius 3 is 1.83 bits per heavy atom. The van der Waals surface area contributed by atoms with E-state index in [4.69, 9.17) is 4.43 Å². The molecule has 1 nitrogen and oxygen atoms in total. The van der Waals surface area contributed by atoms with Crippen LogP contribution in [0.15, 0.2) is 40.6 Å². The number of allylic oxidation sites excluding steroid dienone is 6. The molecular formula is C24H41Cl2OSi2Ti. The van der Waals surface area contributed by atoms with Crippen molar-refractivity contribution in [2.24, 2.45) is 10.8 Å². The average molecular weight is 521 g/mol. The van der Waals surface area contributed by atoms with Crippen molar-refractivity contribution in [1.29, 1.82) is 0 Å². The molecule has 169 valence electrons. The molecule has 0 aromatic rings. The topological polar surface area (TPSA) is 9.23 Å². The molecule has 0 saturated carbocycles. The van der Waals surface area contributed by atoms with Gasteiger partial charge in [-0.2, -0.15) is 6.08 Å². The van der Waals surface area contributed by atoms with Crippen molar-refractivity contribution in [2.45, 2.75) is 92.3 Å². The van der Waals surface area contributed by atoms with E-state index in [1.54, 1.807) is 0 Å². The van der Waals surface area contributed by atoms with E-state index >= 15 is 0 Å². The molecule has 2 aliphatic carbocycles. The van der Waals surface area contributed by atoms with Gasteiger partial charge in [0.05, 0.1) is 13.3 Å². The van der Waals surface area contributed by atoms with E-state index in [0.717, 1.165) is 12.8 Å². The van der Waals surface area contributed by atoms with Gasteiger partial charge in [0.2, 0.25) is 0 Å². The quantitative estimate of drug-likeness (QED) is 0.403. The van der Waals surface area contributed by atoms with Crippen LogP contribution in [0, 0.1) is 16.9 Å². The van der Waals surface area contributed by atoms with Gasteiger partial charge >= 0.3 is 21.7 Å². The molecular weight excluding hydrogens is 479 g/mol. The molecule has 0 aliphatic heterocycles. The first-order valence-corrected chi connectivity index (χ1v) is 16.8. The molecule has 0 spiro atoms. The van der Waals surface area contributed by atoms with Crippen molar-refractivity contribution in [3.63, 3.8) is 0 Å². The summed E-state index contributed by atoms with van der Waals surface area (Å²) >= 11 is 0. The first-order chi connectivity index (χ1) is 12.0. The fourth-order valence-electron chi connectivity index (χ4n) is 4.43. The van der Waals surface area contributed by atoms with Gasteiger partial charge < -0.3 is 29.2 Å². The molecule has 2 aliphatic rings. The van der Waals surface area contributed by atoms with Crippen molar-refractivity contribution in [3.8, 4) is 0 Å². The zero-order valence-electron chi connectivity index (χ0n) is 20.9. The monoisotopic (exact) mass is 519 g/mol.